The number of rotatable bonds is 2. The molecule has 2 N–H and O–H groups in total. The third kappa shape index (κ3) is 2.36. The number of aryl methyl sites for hydroxylation is 1. The van der Waals surface area contributed by atoms with E-state index >= 15 is 0 Å². The topological polar surface area (TPSA) is 69.6 Å². The third-order valence-electron chi connectivity index (χ3n) is 3.49. The van der Waals surface area contributed by atoms with Crippen molar-refractivity contribution in [3.63, 3.8) is 0 Å². The molecule has 1 heterocycles. The van der Waals surface area contributed by atoms with Gasteiger partial charge in [0.05, 0.1) is 5.69 Å². The average Bonchev–Trinajstić information content (AvgIpc) is 2.94. The van der Waals surface area contributed by atoms with Gasteiger partial charge in [0.15, 0.2) is 5.82 Å². The van der Waals surface area contributed by atoms with Crippen LogP contribution in [-0.4, -0.2) is 20.2 Å². The number of aromatic nitrogens is 4. The number of nitrogen functional groups attached to an aromatic ring is 1. The molecule has 0 aliphatic carbocycles. The second-order valence-corrected chi connectivity index (χ2v) is 5.27. The highest BCUT2D eigenvalue weighted by molar-refractivity contribution is 6.31. The normalized spacial score (nSPS) is 10.8. The molecule has 2 aromatic carbocycles. The van der Waals surface area contributed by atoms with Gasteiger partial charge in [0, 0.05) is 16.3 Å². The van der Waals surface area contributed by atoms with E-state index in [-0.39, 0.29) is 0 Å². The van der Waals surface area contributed by atoms with Crippen LogP contribution < -0.4 is 5.73 Å². The molecular weight excluding hydrogens is 286 g/mol. The Morgan fingerprint density at radius 2 is 1.95 bits per heavy atom. The van der Waals surface area contributed by atoms with Crippen LogP contribution in [0.1, 0.15) is 11.1 Å². The molecule has 5 nitrogen and oxygen atoms in total. The van der Waals surface area contributed by atoms with Crippen LogP contribution in [-0.2, 0) is 0 Å². The lowest BCUT2D eigenvalue weighted by molar-refractivity contribution is 0.791. The van der Waals surface area contributed by atoms with E-state index in [4.69, 9.17) is 17.3 Å². The number of nitrogens with two attached hydrogens (primary N) is 1. The molecule has 0 unspecified atom stereocenters. The third-order valence-corrected chi connectivity index (χ3v) is 3.89. The zero-order valence-electron chi connectivity index (χ0n) is 11.7. The van der Waals surface area contributed by atoms with E-state index in [0.717, 1.165) is 22.4 Å². The van der Waals surface area contributed by atoms with Crippen LogP contribution in [0.2, 0.25) is 5.02 Å². The molecule has 3 rings (SSSR count). The first-order chi connectivity index (χ1) is 10.1. The molecule has 106 valence electrons. The van der Waals surface area contributed by atoms with Gasteiger partial charge in [-0.15, -0.1) is 5.10 Å². The number of nitrogens with zero attached hydrogens (tertiary/aromatic N) is 4. The molecule has 6 heteroatoms. The van der Waals surface area contributed by atoms with Gasteiger partial charge in [-0.3, -0.25) is 0 Å². The van der Waals surface area contributed by atoms with E-state index in [0.29, 0.717) is 16.5 Å². The number of halogens is 1. The first-order valence-electron chi connectivity index (χ1n) is 6.48. The maximum atomic E-state index is 6.18. The number of benzene rings is 2. The van der Waals surface area contributed by atoms with Crippen LogP contribution in [0.5, 0.6) is 0 Å². The Hall–Kier alpha value is -2.40. The zero-order chi connectivity index (χ0) is 15.0. The maximum Gasteiger partial charge on any atom is 0.187 e. The summed E-state index contributed by atoms with van der Waals surface area (Å²) in [6.45, 7) is 3.90. The molecule has 0 saturated carbocycles. The molecule has 21 heavy (non-hydrogen) atoms. The molecule has 3 aromatic rings. The minimum absolute atomic E-state index is 0.639. The maximum absolute atomic E-state index is 6.18. The fraction of sp³-hybridized carbons (Fsp3) is 0.133. The summed E-state index contributed by atoms with van der Waals surface area (Å²) < 4.78 is 1.66. The number of anilines is 1. The SMILES string of the molecule is Cc1ccc(-n2nnnc2-c2cccc(N)c2C)cc1Cl. The lowest BCUT2D eigenvalue weighted by Crippen LogP contribution is -2.02. The highest BCUT2D eigenvalue weighted by atomic mass is 35.5. The summed E-state index contributed by atoms with van der Waals surface area (Å²) in [5.74, 6) is 0.639. The van der Waals surface area contributed by atoms with E-state index in [1.807, 2.05) is 50.2 Å². The zero-order valence-corrected chi connectivity index (χ0v) is 12.5. The van der Waals surface area contributed by atoms with E-state index in [1.165, 1.54) is 0 Å². The number of hydrogen-bond donors (Lipinski definition) is 1. The van der Waals surface area contributed by atoms with Crippen LogP contribution in [0.4, 0.5) is 5.69 Å². The molecule has 0 bridgehead atoms. The smallest absolute Gasteiger partial charge is 0.187 e. The average molecular weight is 300 g/mol. The predicted molar refractivity (Wildman–Crippen MR) is 83.5 cm³/mol. The summed E-state index contributed by atoms with van der Waals surface area (Å²) in [6.07, 6.45) is 0. The van der Waals surface area contributed by atoms with E-state index in [9.17, 15) is 0 Å². The first-order valence-corrected chi connectivity index (χ1v) is 6.86. The van der Waals surface area contributed by atoms with Crippen LogP contribution in [0.25, 0.3) is 17.1 Å². The minimum Gasteiger partial charge on any atom is -0.398 e. The quantitative estimate of drug-likeness (QED) is 0.738. The van der Waals surface area contributed by atoms with Gasteiger partial charge in [0.1, 0.15) is 0 Å². The Balaban J connectivity index is 2.17. The van der Waals surface area contributed by atoms with Crippen molar-refractivity contribution >= 4 is 17.3 Å². The van der Waals surface area contributed by atoms with Gasteiger partial charge in [-0.25, -0.2) is 0 Å². The van der Waals surface area contributed by atoms with Crippen molar-refractivity contribution in [1.29, 1.82) is 0 Å². The molecule has 1 aromatic heterocycles. The van der Waals surface area contributed by atoms with Crippen molar-refractivity contribution in [1.82, 2.24) is 20.2 Å². The Morgan fingerprint density at radius 1 is 1.14 bits per heavy atom. The molecule has 0 aliphatic rings. The van der Waals surface area contributed by atoms with Crippen molar-refractivity contribution < 1.29 is 0 Å². The predicted octanol–water partition coefficient (Wildman–Crippen LogP) is 3.18. The van der Waals surface area contributed by atoms with Gasteiger partial charge in [0.2, 0.25) is 0 Å². The van der Waals surface area contributed by atoms with Crippen molar-refractivity contribution in [3.8, 4) is 17.1 Å². The van der Waals surface area contributed by atoms with Crippen molar-refractivity contribution in [3.05, 3.63) is 52.5 Å². The lowest BCUT2D eigenvalue weighted by atomic mass is 10.1. The molecular formula is C15H14ClN5. The van der Waals surface area contributed by atoms with Crippen LogP contribution >= 0.6 is 11.6 Å². The van der Waals surface area contributed by atoms with Gasteiger partial charge in [0.25, 0.3) is 0 Å². The second kappa shape index (κ2) is 5.18. The molecule has 0 radical (unpaired) electrons. The van der Waals surface area contributed by atoms with E-state index in [1.54, 1.807) is 4.68 Å². The number of tetrazole rings is 1. The highest BCUT2D eigenvalue weighted by Crippen LogP contribution is 2.27. The van der Waals surface area contributed by atoms with Crippen LogP contribution in [0.15, 0.2) is 36.4 Å². The summed E-state index contributed by atoms with van der Waals surface area (Å²) in [5.41, 5.74) is 10.3. The second-order valence-electron chi connectivity index (χ2n) is 4.87. The van der Waals surface area contributed by atoms with Crippen molar-refractivity contribution in [2.24, 2.45) is 0 Å². The molecule has 0 atom stereocenters. The van der Waals surface area contributed by atoms with Crippen LogP contribution in [0, 0.1) is 13.8 Å². The fourth-order valence-corrected chi connectivity index (χ4v) is 2.31. The van der Waals surface area contributed by atoms with E-state index in [2.05, 4.69) is 15.5 Å². The summed E-state index contributed by atoms with van der Waals surface area (Å²) in [4.78, 5) is 0. The first kappa shape index (κ1) is 13.6. The Kier molecular flexibility index (Phi) is 3.35. The highest BCUT2D eigenvalue weighted by Gasteiger charge is 2.14. The van der Waals surface area contributed by atoms with E-state index < -0.39 is 0 Å². The van der Waals surface area contributed by atoms with Gasteiger partial charge in [-0.05, 0) is 53.6 Å². The van der Waals surface area contributed by atoms with Gasteiger partial charge < -0.3 is 5.73 Å². The minimum atomic E-state index is 0.639. The van der Waals surface area contributed by atoms with Crippen molar-refractivity contribution in [2.45, 2.75) is 13.8 Å². The monoisotopic (exact) mass is 299 g/mol. The molecule has 0 spiro atoms. The summed E-state index contributed by atoms with van der Waals surface area (Å²) in [5, 5.41) is 12.6. The lowest BCUT2D eigenvalue weighted by Gasteiger charge is -2.09. The van der Waals surface area contributed by atoms with Gasteiger partial charge >= 0.3 is 0 Å². The Bertz CT molecular complexity index is 810. The fourth-order valence-electron chi connectivity index (χ4n) is 2.14. The standard InChI is InChI=1S/C15H14ClN5/c1-9-6-7-11(8-13(9)16)21-15(18-19-20-21)12-4-3-5-14(17)10(12)2/h3-8H,17H2,1-2H3. The summed E-state index contributed by atoms with van der Waals surface area (Å²) >= 11 is 6.18. The van der Waals surface area contributed by atoms with Crippen LogP contribution in [0.3, 0.4) is 0 Å². The summed E-state index contributed by atoms with van der Waals surface area (Å²) in [6, 6.07) is 11.4. The molecule has 0 aliphatic heterocycles. The molecule has 0 amide bonds. The van der Waals surface area contributed by atoms with Crippen molar-refractivity contribution in [2.75, 3.05) is 5.73 Å². The molecule has 0 fully saturated rings. The molecule has 0 saturated heterocycles. The Labute approximate surface area is 127 Å². The summed E-state index contributed by atoms with van der Waals surface area (Å²) in [7, 11) is 0. The Morgan fingerprint density at radius 3 is 2.71 bits per heavy atom. The largest absolute Gasteiger partial charge is 0.398 e. The number of hydrogen-bond acceptors (Lipinski definition) is 4. The van der Waals surface area contributed by atoms with Gasteiger partial charge in [-0.2, -0.15) is 4.68 Å². The van der Waals surface area contributed by atoms with Gasteiger partial charge in [-0.1, -0.05) is 29.8 Å².